The van der Waals surface area contributed by atoms with Gasteiger partial charge in [0, 0.05) is 31.9 Å². The van der Waals surface area contributed by atoms with E-state index in [1.807, 2.05) is 13.0 Å². The van der Waals surface area contributed by atoms with Gasteiger partial charge in [0.05, 0.1) is 12.2 Å². The van der Waals surface area contributed by atoms with E-state index in [2.05, 4.69) is 6.92 Å². The number of hydrogen-bond acceptors (Lipinski definition) is 4. The zero-order valence-electron chi connectivity index (χ0n) is 12.9. The van der Waals surface area contributed by atoms with Crippen molar-refractivity contribution in [3.8, 4) is 0 Å². The van der Waals surface area contributed by atoms with Crippen LogP contribution in [0.4, 0.5) is 0 Å². The number of methoxy groups -OCH3 is 1. The van der Waals surface area contributed by atoms with Gasteiger partial charge in [0.2, 0.25) is 0 Å². The van der Waals surface area contributed by atoms with Crippen LogP contribution in [0.3, 0.4) is 0 Å². The van der Waals surface area contributed by atoms with Gasteiger partial charge >= 0.3 is 5.97 Å². The fraction of sp³-hybridized carbons (Fsp3) is 0.812. The zero-order chi connectivity index (χ0) is 15.0. The highest BCUT2D eigenvalue weighted by Crippen LogP contribution is 2.23. The molecule has 1 unspecified atom stereocenters. The molecular weight excluding hydrogens is 256 g/mol. The monoisotopic (exact) mass is 284 g/mol. The van der Waals surface area contributed by atoms with Gasteiger partial charge in [-0.3, -0.25) is 0 Å². The summed E-state index contributed by atoms with van der Waals surface area (Å²) >= 11 is 0. The van der Waals surface area contributed by atoms with Crippen molar-refractivity contribution in [1.29, 1.82) is 0 Å². The van der Waals surface area contributed by atoms with E-state index in [-0.39, 0.29) is 24.1 Å². The summed E-state index contributed by atoms with van der Waals surface area (Å²) in [5.74, 6) is -0.270. The van der Waals surface area contributed by atoms with Gasteiger partial charge in [-0.05, 0) is 6.42 Å². The van der Waals surface area contributed by atoms with Crippen molar-refractivity contribution in [3.05, 3.63) is 12.2 Å². The van der Waals surface area contributed by atoms with Crippen LogP contribution in [0.25, 0.3) is 0 Å². The minimum absolute atomic E-state index is 0.0430. The number of esters is 1. The molecule has 4 nitrogen and oxygen atoms in total. The maximum absolute atomic E-state index is 11.2. The third-order valence-electron chi connectivity index (χ3n) is 4.03. The van der Waals surface area contributed by atoms with E-state index in [4.69, 9.17) is 9.47 Å². The summed E-state index contributed by atoms with van der Waals surface area (Å²) < 4.78 is 10.7. The Bertz CT molecular complexity index is 314. The summed E-state index contributed by atoms with van der Waals surface area (Å²) in [7, 11) is 1.70. The molecule has 20 heavy (non-hydrogen) atoms. The van der Waals surface area contributed by atoms with E-state index in [1.54, 1.807) is 7.11 Å². The van der Waals surface area contributed by atoms with Crippen molar-refractivity contribution in [2.75, 3.05) is 7.11 Å². The standard InChI is InChI=1S/C16H28O4/c1-4-5-6-9-15(19-3)12(2)14(17)11-13-8-7-10-16(18)20-13/h7,10,12-15,17H,4-6,8-9,11H2,1-3H3/t12-,13?,14+,15-/m1/s1. The lowest BCUT2D eigenvalue weighted by Crippen LogP contribution is -2.35. The summed E-state index contributed by atoms with van der Waals surface area (Å²) in [6, 6.07) is 0. The quantitative estimate of drug-likeness (QED) is 0.522. The van der Waals surface area contributed by atoms with Crippen LogP contribution < -0.4 is 0 Å². The molecule has 0 aromatic rings. The first-order chi connectivity index (χ1) is 9.58. The van der Waals surface area contributed by atoms with Gasteiger partial charge < -0.3 is 14.6 Å². The maximum atomic E-state index is 11.2. The molecule has 4 heteroatoms. The molecule has 0 aromatic carbocycles. The third-order valence-corrected chi connectivity index (χ3v) is 4.03. The smallest absolute Gasteiger partial charge is 0.330 e. The van der Waals surface area contributed by atoms with E-state index in [0.29, 0.717) is 12.8 Å². The Kier molecular flexibility index (Phi) is 7.85. The van der Waals surface area contributed by atoms with Crippen LogP contribution in [0.15, 0.2) is 12.2 Å². The number of aliphatic hydroxyl groups excluding tert-OH is 1. The molecule has 0 bridgehead atoms. The second-order valence-corrected chi connectivity index (χ2v) is 5.63. The summed E-state index contributed by atoms with van der Waals surface area (Å²) in [6.07, 6.45) is 8.20. The van der Waals surface area contributed by atoms with Crippen molar-refractivity contribution in [2.24, 2.45) is 5.92 Å². The van der Waals surface area contributed by atoms with Crippen LogP contribution in [0.5, 0.6) is 0 Å². The molecule has 1 aliphatic rings. The van der Waals surface area contributed by atoms with E-state index in [0.717, 1.165) is 12.8 Å². The van der Waals surface area contributed by atoms with Gasteiger partial charge in [-0.2, -0.15) is 0 Å². The number of rotatable bonds is 9. The molecular formula is C16H28O4. The molecule has 116 valence electrons. The Morgan fingerprint density at radius 2 is 2.25 bits per heavy atom. The van der Waals surface area contributed by atoms with E-state index in [1.165, 1.54) is 18.9 Å². The summed E-state index contributed by atoms with van der Waals surface area (Å²) in [5.41, 5.74) is 0. The lowest BCUT2D eigenvalue weighted by molar-refractivity contribution is -0.146. The molecule has 0 aliphatic carbocycles. The van der Waals surface area contributed by atoms with Gasteiger partial charge in [-0.15, -0.1) is 0 Å². The van der Waals surface area contributed by atoms with Gasteiger partial charge in [0.25, 0.3) is 0 Å². The molecule has 0 fully saturated rings. The first-order valence-electron chi connectivity index (χ1n) is 7.66. The first kappa shape index (κ1) is 17.2. The SMILES string of the molecule is CCCCC[C@@H](OC)[C@H](C)[C@@H](O)CC1CC=CC(=O)O1. The highest BCUT2D eigenvalue weighted by molar-refractivity contribution is 5.82. The Hall–Kier alpha value is -0.870. The van der Waals surface area contributed by atoms with Crippen LogP contribution in [-0.4, -0.2) is 36.5 Å². The number of carbonyl (C=O) groups is 1. The molecule has 1 heterocycles. The van der Waals surface area contributed by atoms with E-state index >= 15 is 0 Å². The van der Waals surface area contributed by atoms with Crippen molar-refractivity contribution >= 4 is 5.97 Å². The number of cyclic esters (lactones) is 1. The zero-order valence-corrected chi connectivity index (χ0v) is 12.9. The lowest BCUT2D eigenvalue weighted by atomic mass is 9.90. The van der Waals surface area contributed by atoms with Gasteiger partial charge in [-0.1, -0.05) is 39.2 Å². The van der Waals surface area contributed by atoms with Crippen molar-refractivity contribution in [2.45, 2.75) is 70.7 Å². The second kappa shape index (κ2) is 9.14. The van der Waals surface area contributed by atoms with Crippen LogP contribution in [0.2, 0.25) is 0 Å². The summed E-state index contributed by atoms with van der Waals surface area (Å²) in [4.78, 5) is 11.2. The van der Waals surface area contributed by atoms with Crippen LogP contribution in [0, 0.1) is 5.92 Å². The molecule has 0 radical (unpaired) electrons. The second-order valence-electron chi connectivity index (χ2n) is 5.63. The molecule has 1 rings (SSSR count). The topological polar surface area (TPSA) is 55.8 Å². The Balaban J connectivity index is 2.41. The third kappa shape index (κ3) is 5.63. The molecule has 0 saturated heterocycles. The number of hydrogen-bond donors (Lipinski definition) is 1. The predicted octanol–water partition coefficient (Wildman–Crippen LogP) is 2.84. The first-order valence-corrected chi connectivity index (χ1v) is 7.66. The minimum Gasteiger partial charge on any atom is -0.459 e. The number of aliphatic hydroxyl groups is 1. The van der Waals surface area contributed by atoms with Crippen LogP contribution in [-0.2, 0) is 14.3 Å². The number of unbranched alkanes of at least 4 members (excludes halogenated alkanes) is 2. The Morgan fingerprint density at radius 3 is 2.85 bits per heavy atom. The fourth-order valence-electron chi connectivity index (χ4n) is 2.63. The Labute approximate surface area is 122 Å². The molecule has 0 spiro atoms. The van der Waals surface area contributed by atoms with E-state index in [9.17, 15) is 9.90 Å². The Morgan fingerprint density at radius 1 is 1.50 bits per heavy atom. The molecule has 1 aliphatic heterocycles. The normalized spacial score (nSPS) is 23.2. The average molecular weight is 284 g/mol. The summed E-state index contributed by atoms with van der Waals surface area (Å²) in [6.45, 7) is 4.18. The molecule has 1 N–H and O–H groups in total. The molecule has 0 amide bonds. The van der Waals surface area contributed by atoms with Crippen molar-refractivity contribution < 1.29 is 19.4 Å². The van der Waals surface area contributed by atoms with Gasteiger partial charge in [-0.25, -0.2) is 4.79 Å². The number of carbonyl (C=O) groups excluding carboxylic acids is 1. The predicted molar refractivity (Wildman–Crippen MR) is 78.4 cm³/mol. The molecule has 0 saturated carbocycles. The van der Waals surface area contributed by atoms with Crippen molar-refractivity contribution in [3.63, 3.8) is 0 Å². The van der Waals surface area contributed by atoms with Crippen molar-refractivity contribution in [1.82, 2.24) is 0 Å². The largest absolute Gasteiger partial charge is 0.459 e. The average Bonchev–Trinajstić information content (AvgIpc) is 2.43. The highest BCUT2D eigenvalue weighted by Gasteiger charge is 2.28. The van der Waals surface area contributed by atoms with Crippen LogP contribution >= 0.6 is 0 Å². The maximum Gasteiger partial charge on any atom is 0.330 e. The highest BCUT2D eigenvalue weighted by atomic mass is 16.5. The van der Waals surface area contributed by atoms with E-state index < -0.39 is 6.10 Å². The molecule has 0 aromatic heterocycles. The van der Waals surface area contributed by atoms with Gasteiger partial charge in [0.15, 0.2) is 0 Å². The minimum atomic E-state index is -0.508. The lowest BCUT2D eigenvalue weighted by Gasteiger charge is -2.29. The number of ether oxygens (including phenoxy) is 2. The fourth-order valence-corrected chi connectivity index (χ4v) is 2.63. The summed E-state index contributed by atoms with van der Waals surface area (Å²) in [5, 5.41) is 10.3. The van der Waals surface area contributed by atoms with Gasteiger partial charge in [0.1, 0.15) is 6.10 Å². The van der Waals surface area contributed by atoms with Crippen LogP contribution in [0.1, 0.15) is 52.4 Å². The molecule has 4 atom stereocenters.